The molecule has 5 nitrogen and oxygen atoms in total. The maximum absolute atomic E-state index is 12.6. The molecule has 0 aliphatic rings. The average Bonchev–Trinajstić information content (AvgIpc) is 3.07. The van der Waals surface area contributed by atoms with Gasteiger partial charge in [-0.15, -0.1) is 0 Å². The summed E-state index contributed by atoms with van der Waals surface area (Å²) in [6.45, 7) is 0. The van der Waals surface area contributed by atoms with E-state index in [9.17, 15) is 26.3 Å². The number of pyridine rings is 1. The van der Waals surface area contributed by atoms with Gasteiger partial charge in [0.15, 0.2) is 0 Å². The number of ether oxygens (including phenoxy) is 1. The van der Waals surface area contributed by atoms with Crippen LogP contribution >= 0.6 is 11.6 Å². The molecule has 3 aromatic rings. The molecule has 0 aliphatic carbocycles. The van der Waals surface area contributed by atoms with Gasteiger partial charge in [0, 0.05) is 11.8 Å². The lowest BCUT2D eigenvalue weighted by Gasteiger charge is -2.10. The zero-order chi connectivity index (χ0) is 19.8. The van der Waals surface area contributed by atoms with Gasteiger partial charge in [0.05, 0.1) is 5.56 Å². The smallest absolute Gasteiger partial charge is 0.438 e. The van der Waals surface area contributed by atoms with Crippen LogP contribution in [0, 0.1) is 0 Å². The highest BCUT2D eigenvalue weighted by molar-refractivity contribution is 6.31. The molecule has 0 aliphatic heterocycles. The Morgan fingerprint density at radius 1 is 0.963 bits per heavy atom. The predicted octanol–water partition coefficient (Wildman–Crippen LogP) is 5.61. The van der Waals surface area contributed by atoms with Crippen LogP contribution in [-0.2, 0) is 12.4 Å². The van der Waals surface area contributed by atoms with Crippen molar-refractivity contribution >= 4 is 11.6 Å². The van der Waals surface area contributed by atoms with Gasteiger partial charge in [-0.25, -0.2) is 4.98 Å². The molecule has 1 aromatic carbocycles. The van der Waals surface area contributed by atoms with Crippen molar-refractivity contribution in [2.75, 3.05) is 0 Å². The van der Waals surface area contributed by atoms with Gasteiger partial charge in [-0.2, -0.15) is 31.3 Å². The third-order valence-corrected chi connectivity index (χ3v) is 3.40. The second-order valence-corrected chi connectivity index (χ2v) is 5.46. The van der Waals surface area contributed by atoms with E-state index in [2.05, 4.69) is 19.6 Å². The minimum atomic E-state index is -4.76. The Balaban J connectivity index is 1.77. The summed E-state index contributed by atoms with van der Waals surface area (Å²) in [5.41, 5.74) is -0.833. The molecule has 2 heterocycles. The van der Waals surface area contributed by atoms with Gasteiger partial charge < -0.3 is 9.26 Å². The highest BCUT2D eigenvalue weighted by Gasteiger charge is 2.38. The summed E-state index contributed by atoms with van der Waals surface area (Å²) >= 11 is 5.73. The van der Waals surface area contributed by atoms with Gasteiger partial charge in [0.1, 0.15) is 10.8 Å². The molecule has 2 aromatic heterocycles. The van der Waals surface area contributed by atoms with E-state index in [-0.39, 0.29) is 28.0 Å². The zero-order valence-corrected chi connectivity index (χ0v) is 13.5. The SMILES string of the molecule is FC(F)(F)c1cnc(Oc2ccc(-c3noc(C(F)(F)F)n3)cc2)c(Cl)c1. The van der Waals surface area contributed by atoms with Gasteiger partial charge in [0.25, 0.3) is 0 Å². The Bertz CT molecular complexity index is 953. The van der Waals surface area contributed by atoms with E-state index in [1.54, 1.807) is 0 Å². The molecule has 0 amide bonds. The molecule has 0 atom stereocenters. The van der Waals surface area contributed by atoms with Gasteiger partial charge in [-0.3, -0.25) is 0 Å². The first-order chi connectivity index (χ1) is 12.5. The van der Waals surface area contributed by atoms with Crippen LogP contribution < -0.4 is 4.74 Å². The van der Waals surface area contributed by atoms with E-state index >= 15 is 0 Å². The first-order valence-corrected chi connectivity index (χ1v) is 7.34. The first-order valence-electron chi connectivity index (χ1n) is 6.96. The average molecular weight is 410 g/mol. The van der Waals surface area contributed by atoms with Crippen molar-refractivity contribution in [3.8, 4) is 23.0 Å². The minimum absolute atomic E-state index is 0.132. The quantitative estimate of drug-likeness (QED) is 0.526. The first kappa shape index (κ1) is 19.0. The van der Waals surface area contributed by atoms with Crippen LogP contribution in [0.2, 0.25) is 5.02 Å². The Hall–Kier alpha value is -2.82. The summed E-state index contributed by atoms with van der Waals surface area (Å²) in [5, 5.41) is 2.87. The Kier molecular flexibility index (Phi) is 4.72. The van der Waals surface area contributed by atoms with Gasteiger partial charge in [-0.1, -0.05) is 16.8 Å². The molecule has 0 fully saturated rings. The van der Waals surface area contributed by atoms with Crippen molar-refractivity contribution < 1.29 is 35.6 Å². The van der Waals surface area contributed by atoms with Crippen LogP contribution in [0.3, 0.4) is 0 Å². The molecule has 0 saturated carbocycles. The summed E-state index contributed by atoms with van der Waals surface area (Å²) in [4.78, 5) is 6.74. The fourth-order valence-electron chi connectivity index (χ4n) is 1.90. The third kappa shape index (κ3) is 4.30. The molecule has 0 N–H and O–H groups in total. The predicted molar refractivity (Wildman–Crippen MR) is 79.1 cm³/mol. The molecule has 0 unspecified atom stereocenters. The molecule has 27 heavy (non-hydrogen) atoms. The molecule has 3 rings (SSSR count). The minimum Gasteiger partial charge on any atom is -0.438 e. The van der Waals surface area contributed by atoms with Crippen molar-refractivity contribution in [3.63, 3.8) is 0 Å². The number of aromatic nitrogens is 3. The van der Waals surface area contributed by atoms with Crippen molar-refractivity contribution in [3.05, 3.63) is 53.0 Å². The van der Waals surface area contributed by atoms with Crippen LogP contribution in [0.25, 0.3) is 11.4 Å². The molecule has 0 spiro atoms. The van der Waals surface area contributed by atoms with E-state index in [4.69, 9.17) is 16.3 Å². The van der Waals surface area contributed by atoms with E-state index in [0.29, 0.717) is 12.3 Å². The Morgan fingerprint density at radius 3 is 2.15 bits per heavy atom. The second-order valence-electron chi connectivity index (χ2n) is 5.06. The normalized spacial score (nSPS) is 12.3. The second kappa shape index (κ2) is 6.72. The van der Waals surface area contributed by atoms with Crippen LogP contribution in [0.5, 0.6) is 11.6 Å². The summed E-state index contributed by atoms with van der Waals surface area (Å²) < 4.78 is 84.5. The lowest BCUT2D eigenvalue weighted by molar-refractivity contribution is -0.159. The highest BCUT2D eigenvalue weighted by atomic mass is 35.5. The monoisotopic (exact) mass is 409 g/mol. The summed E-state index contributed by atoms with van der Waals surface area (Å²) in [6, 6.07) is 5.98. The topological polar surface area (TPSA) is 61.0 Å². The van der Waals surface area contributed by atoms with E-state index in [0.717, 1.165) is 0 Å². The van der Waals surface area contributed by atoms with E-state index in [1.165, 1.54) is 24.3 Å². The fraction of sp³-hybridized carbons (Fsp3) is 0.133. The molecular formula is C15H6ClF6N3O2. The largest absolute Gasteiger partial charge is 0.471 e. The van der Waals surface area contributed by atoms with Crippen molar-refractivity contribution in [1.29, 1.82) is 0 Å². The standard InChI is InChI=1S/C15H6ClF6N3O2/c16-10-5-8(14(17,18)19)6-23-12(10)26-9-3-1-7(2-4-9)11-24-13(27-25-11)15(20,21)22/h1-6H. The number of benzene rings is 1. The van der Waals surface area contributed by atoms with Crippen LogP contribution in [0.4, 0.5) is 26.3 Å². The van der Waals surface area contributed by atoms with Gasteiger partial charge >= 0.3 is 18.2 Å². The van der Waals surface area contributed by atoms with Crippen LogP contribution in [-0.4, -0.2) is 15.1 Å². The van der Waals surface area contributed by atoms with Crippen molar-refractivity contribution in [1.82, 2.24) is 15.1 Å². The number of hydrogen-bond donors (Lipinski definition) is 0. The highest BCUT2D eigenvalue weighted by Crippen LogP contribution is 2.35. The maximum Gasteiger partial charge on any atom is 0.471 e. The Morgan fingerprint density at radius 2 is 1.63 bits per heavy atom. The molecule has 12 heteroatoms. The third-order valence-electron chi connectivity index (χ3n) is 3.13. The van der Waals surface area contributed by atoms with E-state index < -0.39 is 23.8 Å². The number of halogens is 7. The van der Waals surface area contributed by atoms with Crippen LogP contribution in [0.15, 0.2) is 41.1 Å². The zero-order valence-electron chi connectivity index (χ0n) is 12.8. The van der Waals surface area contributed by atoms with E-state index in [1.807, 2.05) is 0 Å². The number of alkyl halides is 6. The summed E-state index contributed by atoms with van der Waals surface area (Å²) in [5.74, 6) is -1.91. The van der Waals surface area contributed by atoms with Crippen LogP contribution in [0.1, 0.15) is 11.5 Å². The number of nitrogens with zero attached hydrogens (tertiary/aromatic N) is 3. The molecule has 0 bridgehead atoms. The summed E-state index contributed by atoms with van der Waals surface area (Å²) in [6.07, 6.45) is -8.80. The lowest BCUT2D eigenvalue weighted by atomic mass is 10.2. The van der Waals surface area contributed by atoms with Gasteiger partial charge in [0.2, 0.25) is 11.7 Å². The van der Waals surface area contributed by atoms with Crippen molar-refractivity contribution in [2.24, 2.45) is 0 Å². The molecule has 142 valence electrons. The number of rotatable bonds is 3. The number of hydrogen-bond acceptors (Lipinski definition) is 5. The lowest BCUT2D eigenvalue weighted by Crippen LogP contribution is -2.05. The van der Waals surface area contributed by atoms with Crippen molar-refractivity contribution in [2.45, 2.75) is 12.4 Å². The Labute approximate surface area is 151 Å². The maximum atomic E-state index is 12.6. The fourth-order valence-corrected chi connectivity index (χ4v) is 2.10. The molecule has 0 radical (unpaired) electrons. The summed E-state index contributed by atoms with van der Waals surface area (Å²) in [7, 11) is 0. The molecule has 0 saturated heterocycles. The molecular weight excluding hydrogens is 404 g/mol. The van der Waals surface area contributed by atoms with Gasteiger partial charge in [-0.05, 0) is 30.3 Å².